The number of rotatable bonds is 6. The molecule has 3 unspecified atom stereocenters. The van der Waals surface area contributed by atoms with E-state index in [9.17, 15) is 10.2 Å². The van der Waals surface area contributed by atoms with Gasteiger partial charge in [0, 0.05) is 53.5 Å². The minimum absolute atomic E-state index is 0.0149. The summed E-state index contributed by atoms with van der Waals surface area (Å²) in [6.45, 7) is 10.1. The van der Waals surface area contributed by atoms with Crippen molar-refractivity contribution in [1.29, 1.82) is 0 Å². The highest BCUT2D eigenvalue weighted by molar-refractivity contribution is 6.61. The predicted molar refractivity (Wildman–Crippen MR) is 179 cm³/mol. The van der Waals surface area contributed by atoms with Crippen LogP contribution in [0.1, 0.15) is 64.9 Å². The highest BCUT2D eigenvalue weighted by Gasteiger charge is 2.46. The van der Waals surface area contributed by atoms with Crippen LogP contribution < -0.4 is 19.7 Å². The van der Waals surface area contributed by atoms with Crippen LogP contribution >= 0.6 is 0 Å². The van der Waals surface area contributed by atoms with E-state index in [2.05, 4.69) is 68.1 Å². The van der Waals surface area contributed by atoms with Crippen LogP contribution in [0.3, 0.4) is 0 Å². The van der Waals surface area contributed by atoms with Crippen LogP contribution in [-0.2, 0) is 22.2 Å². The average molecular weight is 631 g/mol. The standard InChI is InChI=1S/C36H47BN2O7/c1-20-16-23-17-26-30(38(5)6)28-25(34(43-8)21(2)35(44-9)32(28)41)14-15-39(26)29(27(23)31(40)33(20)42-7)22-10-12-24(13-11-22)37-45-18-36(3,4)19-46-37/h10-13,16,26,29-30,40-41H,14-15,17-19H2,1-9H3. The molecule has 3 heterocycles. The fourth-order valence-corrected chi connectivity index (χ4v) is 7.99. The van der Waals surface area contributed by atoms with E-state index in [1.54, 1.807) is 21.3 Å². The molecule has 0 aliphatic carbocycles. The van der Waals surface area contributed by atoms with Crippen molar-refractivity contribution in [2.75, 3.05) is 55.2 Å². The van der Waals surface area contributed by atoms with Gasteiger partial charge >= 0.3 is 7.12 Å². The first kappa shape index (κ1) is 32.5. The smallest absolute Gasteiger partial charge is 0.493 e. The normalized spacial score (nSPS) is 22.5. The number of fused-ring (bicyclic) bond motifs is 3. The lowest BCUT2D eigenvalue weighted by atomic mass is 9.74. The number of hydrogen-bond donors (Lipinski definition) is 2. The number of methoxy groups -OCH3 is 3. The summed E-state index contributed by atoms with van der Waals surface area (Å²) in [6, 6.07) is 10.0. The van der Waals surface area contributed by atoms with Crippen molar-refractivity contribution < 1.29 is 33.7 Å². The number of nitrogens with zero attached hydrogens (tertiary/aromatic N) is 2. The lowest BCUT2D eigenvalue weighted by molar-refractivity contribution is 0.0343. The molecule has 3 aliphatic rings. The van der Waals surface area contributed by atoms with Crippen molar-refractivity contribution in [1.82, 2.24) is 9.80 Å². The first-order chi connectivity index (χ1) is 21.9. The van der Waals surface area contributed by atoms with Gasteiger partial charge in [0.15, 0.2) is 23.0 Å². The molecule has 0 amide bonds. The van der Waals surface area contributed by atoms with Gasteiger partial charge in [-0.1, -0.05) is 44.2 Å². The Morgan fingerprint density at radius 3 is 2.09 bits per heavy atom. The molecule has 3 aromatic carbocycles. The van der Waals surface area contributed by atoms with Crippen LogP contribution in [0.15, 0.2) is 30.3 Å². The van der Waals surface area contributed by atoms with Crippen molar-refractivity contribution >= 4 is 12.6 Å². The molecule has 3 aromatic rings. The first-order valence-electron chi connectivity index (χ1n) is 16.0. The molecule has 0 radical (unpaired) electrons. The number of benzene rings is 3. The van der Waals surface area contributed by atoms with E-state index < -0.39 is 7.12 Å². The Morgan fingerprint density at radius 2 is 1.50 bits per heavy atom. The third-order valence-electron chi connectivity index (χ3n) is 10.00. The monoisotopic (exact) mass is 630 g/mol. The number of aromatic hydroxyl groups is 2. The number of likely N-dealkylation sites (N-methyl/N-ethyl adjacent to an activating group) is 1. The molecule has 246 valence electrons. The molecular weight excluding hydrogens is 583 g/mol. The molecule has 3 aliphatic heterocycles. The number of phenolic OH excluding ortho intramolecular Hbond substituents is 2. The Labute approximate surface area is 273 Å². The Bertz CT molecular complexity index is 1610. The summed E-state index contributed by atoms with van der Waals surface area (Å²) in [5.74, 6) is 2.01. The SMILES string of the molecule is COc1c(C)cc2c(c1O)C(c1ccc(B3OCC(C)(C)CO3)cc1)N1CCc3c(OC)c(C)c(OC)c(O)c3C(N(C)C)C1C2. The zero-order valence-electron chi connectivity index (χ0n) is 28.6. The third kappa shape index (κ3) is 5.29. The number of ether oxygens (including phenoxy) is 3. The molecule has 1 saturated heterocycles. The van der Waals surface area contributed by atoms with Gasteiger partial charge in [-0.25, -0.2) is 0 Å². The molecule has 6 rings (SSSR count). The highest BCUT2D eigenvalue weighted by Crippen LogP contribution is 2.54. The molecule has 2 N–H and O–H groups in total. The van der Waals surface area contributed by atoms with E-state index >= 15 is 0 Å². The quantitative estimate of drug-likeness (QED) is 0.377. The zero-order chi connectivity index (χ0) is 33.1. The number of hydrogen-bond acceptors (Lipinski definition) is 9. The molecule has 46 heavy (non-hydrogen) atoms. The molecular formula is C36H47BN2O7. The van der Waals surface area contributed by atoms with E-state index in [0.717, 1.165) is 50.2 Å². The van der Waals surface area contributed by atoms with Crippen LogP contribution in [0.5, 0.6) is 28.7 Å². The lowest BCUT2D eigenvalue weighted by Gasteiger charge is -2.47. The predicted octanol–water partition coefficient (Wildman–Crippen LogP) is 4.68. The van der Waals surface area contributed by atoms with Gasteiger partial charge in [-0.3, -0.25) is 4.90 Å². The molecule has 10 heteroatoms. The van der Waals surface area contributed by atoms with Gasteiger partial charge in [0.25, 0.3) is 0 Å². The maximum absolute atomic E-state index is 11.8. The highest BCUT2D eigenvalue weighted by atomic mass is 16.6. The second kappa shape index (κ2) is 12.3. The maximum Gasteiger partial charge on any atom is 0.493 e. The van der Waals surface area contributed by atoms with Crippen molar-refractivity contribution in [3.63, 3.8) is 0 Å². The van der Waals surface area contributed by atoms with Gasteiger partial charge in [0.1, 0.15) is 5.75 Å². The third-order valence-corrected chi connectivity index (χ3v) is 10.00. The van der Waals surface area contributed by atoms with Crippen molar-refractivity contribution in [3.8, 4) is 28.7 Å². The largest absolute Gasteiger partial charge is 0.504 e. The van der Waals surface area contributed by atoms with Crippen LogP contribution in [0, 0.1) is 19.3 Å². The van der Waals surface area contributed by atoms with Crippen LogP contribution in [0.25, 0.3) is 0 Å². The Kier molecular flexibility index (Phi) is 8.69. The van der Waals surface area contributed by atoms with Gasteiger partial charge in [0.05, 0.1) is 33.4 Å². The summed E-state index contributed by atoms with van der Waals surface area (Å²) >= 11 is 0. The van der Waals surface area contributed by atoms with Crippen molar-refractivity contribution in [2.24, 2.45) is 5.41 Å². The zero-order valence-corrected chi connectivity index (χ0v) is 28.6. The van der Waals surface area contributed by atoms with Gasteiger partial charge in [-0.2, -0.15) is 0 Å². The molecule has 0 aromatic heterocycles. The van der Waals surface area contributed by atoms with E-state index in [1.807, 2.05) is 13.8 Å². The number of phenols is 2. The fraction of sp³-hybridized carbons (Fsp3) is 0.500. The average Bonchev–Trinajstić information content (AvgIpc) is 3.18. The summed E-state index contributed by atoms with van der Waals surface area (Å²) in [7, 11) is 8.56. The number of aryl methyl sites for hydroxylation is 1. The molecule has 1 fully saturated rings. The second-order valence-electron chi connectivity index (χ2n) is 13.9. The molecule has 0 saturated carbocycles. The lowest BCUT2D eigenvalue weighted by Crippen LogP contribution is -2.50. The van der Waals surface area contributed by atoms with E-state index in [4.69, 9.17) is 23.5 Å². The minimum Gasteiger partial charge on any atom is -0.504 e. The maximum atomic E-state index is 11.8. The minimum atomic E-state index is -0.413. The summed E-state index contributed by atoms with van der Waals surface area (Å²) in [5, 5.41) is 23.6. The summed E-state index contributed by atoms with van der Waals surface area (Å²) < 4.78 is 29.6. The summed E-state index contributed by atoms with van der Waals surface area (Å²) in [5.41, 5.74) is 7.38. The first-order valence-corrected chi connectivity index (χ1v) is 16.0. The molecule has 0 spiro atoms. The van der Waals surface area contributed by atoms with Crippen LogP contribution in [0.4, 0.5) is 0 Å². The van der Waals surface area contributed by atoms with Gasteiger partial charge in [-0.05, 0) is 62.9 Å². The van der Waals surface area contributed by atoms with Gasteiger partial charge in [0.2, 0.25) is 0 Å². The van der Waals surface area contributed by atoms with E-state index in [0.29, 0.717) is 44.1 Å². The van der Waals surface area contributed by atoms with Crippen LogP contribution in [-0.4, -0.2) is 88.4 Å². The van der Waals surface area contributed by atoms with E-state index in [1.165, 1.54) is 0 Å². The molecule has 3 atom stereocenters. The van der Waals surface area contributed by atoms with Crippen LogP contribution in [0.2, 0.25) is 0 Å². The summed E-state index contributed by atoms with van der Waals surface area (Å²) in [6.07, 6.45) is 1.31. The fourth-order valence-electron chi connectivity index (χ4n) is 7.99. The van der Waals surface area contributed by atoms with Crippen molar-refractivity contribution in [3.05, 3.63) is 69.3 Å². The van der Waals surface area contributed by atoms with E-state index in [-0.39, 0.29) is 35.0 Å². The second-order valence-corrected chi connectivity index (χ2v) is 13.9. The Balaban J connectivity index is 1.52. The summed E-state index contributed by atoms with van der Waals surface area (Å²) in [4.78, 5) is 4.66. The Morgan fingerprint density at radius 1 is 0.891 bits per heavy atom. The molecule has 0 bridgehead atoms. The molecule has 9 nitrogen and oxygen atoms in total. The Hall–Kier alpha value is -3.44. The van der Waals surface area contributed by atoms with Gasteiger partial charge in [-0.15, -0.1) is 0 Å². The topological polar surface area (TPSA) is 93.1 Å². The van der Waals surface area contributed by atoms with Crippen molar-refractivity contribution in [2.45, 2.75) is 58.7 Å². The van der Waals surface area contributed by atoms with Gasteiger partial charge < -0.3 is 38.6 Å².